The molecule has 0 atom stereocenters. The molecule has 0 aromatic heterocycles. The number of nitrogens with two attached hydrogens (primary N) is 2. The van der Waals surface area contributed by atoms with Crippen molar-refractivity contribution in [3.8, 4) is 0 Å². The lowest BCUT2D eigenvalue weighted by Gasteiger charge is -2.03. The molecule has 0 aromatic carbocycles. The molecule has 0 aliphatic rings. The van der Waals surface area contributed by atoms with Crippen LogP contribution in [0.5, 0.6) is 0 Å². The molecule has 4 N–H and O–H groups in total. The molecule has 0 saturated heterocycles. The molecule has 4 heteroatoms. The first kappa shape index (κ1) is 25.6. The van der Waals surface area contributed by atoms with E-state index in [1.807, 2.05) is 0 Å². The van der Waals surface area contributed by atoms with E-state index in [2.05, 4.69) is 18.6 Å². The van der Waals surface area contributed by atoms with Gasteiger partial charge in [0.25, 0.3) is 0 Å². The van der Waals surface area contributed by atoms with Crippen LogP contribution in [-0.2, 0) is 0 Å². The van der Waals surface area contributed by atoms with Gasteiger partial charge >= 0.3 is 0 Å². The summed E-state index contributed by atoms with van der Waals surface area (Å²) in [6.07, 6.45) is 23.1. The summed E-state index contributed by atoms with van der Waals surface area (Å²) in [6.45, 7) is 2.29. The molecule has 0 unspecified atom stereocenters. The summed E-state index contributed by atoms with van der Waals surface area (Å²) in [5.74, 6) is 9.22. The van der Waals surface area contributed by atoms with Crippen molar-refractivity contribution < 1.29 is 0 Å². The number of hydrogen-bond donors (Lipinski definition) is 2. The zero-order valence-electron chi connectivity index (χ0n) is 15.6. The molecule has 0 saturated carbocycles. The Morgan fingerprint density at radius 1 is 0.609 bits per heavy atom. The third-order valence-electron chi connectivity index (χ3n) is 4.18. The van der Waals surface area contributed by atoms with Gasteiger partial charge in [-0.25, -0.2) is 0 Å². The second-order valence-corrected chi connectivity index (χ2v) is 7.78. The van der Waals surface area contributed by atoms with E-state index in [1.165, 1.54) is 108 Å². The number of hydrogen-bond acceptors (Lipinski definition) is 4. The zero-order valence-corrected chi connectivity index (χ0v) is 17.2. The number of thioether (sulfide) groups is 1. The Balaban J connectivity index is 0. The van der Waals surface area contributed by atoms with E-state index < -0.39 is 0 Å². The first-order chi connectivity index (χ1) is 11.4. The van der Waals surface area contributed by atoms with E-state index in [4.69, 9.17) is 12.2 Å². The van der Waals surface area contributed by atoms with Gasteiger partial charge in [-0.05, 0) is 12.2 Å². The molecule has 0 rings (SSSR count). The summed E-state index contributed by atoms with van der Waals surface area (Å²) in [7, 11) is 0. The van der Waals surface area contributed by atoms with Crippen molar-refractivity contribution in [2.24, 2.45) is 11.7 Å². The van der Waals surface area contributed by atoms with Crippen molar-refractivity contribution in [3.63, 3.8) is 0 Å². The SMILES string of the molecule is CCCCCCCCCCCCCCCCCCSC=S.NN. The second kappa shape index (κ2) is 27.2. The molecule has 2 nitrogen and oxygen atoms in total. The summed E-state index contributed by atoms with van der Waals surface area (Å²) in [5, 5.41) is 0. The first-order valence-corrected chi connectivity index (χ1v) is 11.3. The van der Waals surface area contributed by atoms with Crippen LogP contribution in [0.1, 0.15) is 110 Å². The molecule has 0 spiro atoms. The van der Waals surface area contributed by atoms with Crippen LogP contribution in [0.4, 0.5) is 0 Å². The van der Waals surface area contributed by atoms with Crippen LogP contribution in [0.15, 0.2) is 0 Å². The first-order valence-electron chi connectivity index (χ1n) is 9.80. The van der Waals surface area contributed by atoms with Gasteiger partial charge in [0.05, 0.1) is 0 Å². The number of hydrazine groups is 1. The van der Waals surface area contributed by atoms with Gasteiger partial charge < -0.3 is 0 Å². The largest absolute Gasteiger partial charge is 0.274 e. The van der Waals surface area contributed by atoms with Crippen LogP contribution in [0.3, 0.4) is 0 Å². The van der Waals surface area contributed by atoms with Crippen LogP contribution >= 0.6 is 24.0 Å². The maximum absolute atomic E-state index is 4.80. The molecule has 0 aliphatic carbocycles. The van der Waals surface area contributed by atoms with Crippen molar-refractivity contribution in [2.45, 2.75) is 110 Å². The number of rotatable bonds is 18. The Morgan fingerprint density at radius 3 is 1.22 bits per heavy atom. The predicted octanol–water partition coefficient (Wildman–Crippen LogP) is 6.76. The van der Waals surface area contributed by atoms with Crippen molar-refractivity contribution in [3.05, 3.63) is 0 Å². The molecule has 0 radical (unpaired) electrons. The highest BCUT2D eigenvalue weighted by Crippen LogP contribution is 2.14. The Kier molecular flexibility index (Phi) is 30.3. The van der Waals surface area contributed by atoms with Crippen LogP contribution in [0, 0.1) is 0 Å². The van der Waals surface area contributed by atoms with Gasteiger partial charge in [-0.3, -0.25) is 11.7 Å². The van der Waals surface area contributed by atoms with Crippen molar-refractivity contribution in [2.75, 3.05) is 5.75 Å². The van der Waals surface area contributed by atoms with E-state index in [1.54, 1.807) is 16.5 Å². The molecule has 140 valence electrons. The predicted molar refractivity (Wildman–Crippen MR) is 114 cm³/mol. The van der Waals surface area contributed by atoms with E-state index in [-0.39, 0.29) is 0 Å². The Bertz CT molecular complexity index is 202. The fourth-order valence-corrected chi connectivity index (χ4v) is 3.54. The highest BCUT2D eigenvalue weighted by Gasteiger charge is 1.94. The third-order valence-corrected chi connectivity index (χ3v) is 5.25. The summed E-state index contributed by atoms with van der Waals surface area (Å²) in [5.41, 5.74) is 0. The van der Waals surface area contributed by atoms with E-state index in [0.29, 0.717) is 0 Å². The Hall–Kier alpha value is 0.360. The van der Waals surface area contributed by atoms with Crippen LogP contribution < -0.4 is 11.7 Å². The van der Waals surface area contributed by atoms with Gasteiger partial charge in [-0.2, -0.15) is 0 Å². The molecule has 0 amide bonds. The monoisotopic (exact) mass is 362 g/mol. The zero-order chi connectivity index (χ0) is 17.4. The second-order valence-electron chi connectivity index (χ2n) is 6.27. The standard InChI is InChI=1S/C19H38S2.H4N2/c1-2-3-4-5-6-7-8-9-10-11-12-13-14-15-16-17-18-21-19-20;1-2/h19H,2-18H2,1H3;1-2H2. The highest BCUT2D eigenvalue weighted by atomic mass is 32.2. The van der Waals surface area contributed by atoms with Gasteiger partial charge in [0.1, 0.15) is 0 Å². The maximum Gasteiger partial charge on any atom is 0.0341 e. The average Bonchev–Trinajstić information content (AvgIpc) is 2.59. The lowest BCUT2D eigenvalue weighted by Crippen LogP contribution is -2.02. The van der Waals surface area contributed by atoms with Gasteiger partial charge in [0.2, 0.25) is 0 Å². The van der Waals surface area contributed by atoms with Crippen molar-refractivity contribution in [1.29, 1.82) is 0 Å². The molecule has 0 bridgehead atoms. The molecule has 0 heterocycles. The minimum absolute atomic E-state index is 1.22. The molecular weight excluding hydrogens is 320 g/mol. The van der Waals surface area contributed by atoms with Gasteiger partial charge in [-0.1, -0.05) is 115 Å². The third kappa shape index (κ3) is 27.5. The van der Waals surface area contributed by atoms with Gasteiger partial charge in [0.15, 0.2) is 0 Å². The molecule has 0 aliphatic heterocycles. The van der Waals surface area contributed by atoms with Crippen molar-refractivity contribution in [1.82, 2.24) is 0 Å². The number of thiocarbonyl (C=S) groups is 1. The molecule has 23 heavy (non-hydrogen) atoms. The van der Waals surface area contributed by atoms with Crippen LogP contribution in [-0.4, -0.2) is 10.5 Å². The topological polar surface area (TPSA) is 52.0 Å². The maximum atomic E-state index is 4.80. The normalized spacial score (nSPS) is 10.2. The van der Waals surface area contributed by atoms with Crippen LogP contribution in [0.25, 0.3) is 0 Å². The lowest BCUT2D eigenvalue weighted by atomic mass is 10.0. The number of unbranched alkanes of at least 4 members (excludes halogenated alkanes) is 15. The summed E-state index contributed by atoms with van der Waals surface area (Å²) < 4.78 is 1.80. The minimum atomic E-state index is 1.22. The summed E-state index contributed by atoms with van der Waals surface area (Å²) in [6, 6.07) is 0. The van der Waals surface area contributed by atoms with Gasteiger partial charge in [-0.15, -0.1) is 11.8 Å². The average molecular weight is 363 g/mol. The molecule has 0 fully saturated rings. The lowest BCUT2D eigenvalue weighted by molar-refractivity contribution is 0.532. The summed E-state index contributed by atoms with van der Waals surface area (Å²) in [4.78, 5) is 0. The smallest absolute Gasteiger partial charge is 0.0341 e. The Labute approximate surface area is 155 Å². The fraction of sp³-hybridized carbons (Fsp3) is 0.947. The molecular formula is C19H42N2S2. The van der Waals surface area contributed by atoms with Crippen LogP contribution in [0.2, 0.25) is 0 Å². The fourth-order valence-electron chi connectivity index (χ4n) is 2.78. The van der Waals surface area contributed by atoms with E-state index in [0.717, 1.165) is 0 Å². The Morgan fingerprint density at radius 2 is 0.913 bits per heavy atom. The summed E-state index contributed by atoms with van der Waals surface area (Å²) >= 11 is 6.58. The van der Waals surface area contributed by atoms with Gasteiger partial charge in [0, 0.05) is 4.70 Å². The quantitative estimate of drug-likeness (QED) is 0.122. The minimum Gasteiger partial charge on any atom is -0.274 e. The highest BCUT2D eigenvalue weighted by molar-refractivity contribution is 8.20. The van der Waals surface area contributed by atoms with E-state index >= 15 is 0 Å². The molecule has 0 aromatic rings. The van der Waals surface area contributed by atoms with E-state index in [9.17, 15) is 0 Å². The van der Waals surface area contributed by atoms with Crippen molar-refractivity contribution >= 4 is 28.7 Å².